The highest BCUT2D eigenvalue weighted by molar-refractivity contribution is 6.39. The van der Waals surface area contributed by atoms with Gasteiger partial charge < -0.3 is 19.9 Å². The molecule has 1 aromatic carbocycles. The minimum absolute atomic E-state index is 0.242. The van der Waals surface area contributed by atoms with Crippen molar-refractivity contribution < 1.29 is 14.6 Å². The van der Waals surface area contributed by atoms with Crippen molar-refractivity contribution in [1.82, 2.24) is 0 Å². The van der Waals surface area contributed by atoms with Gasteiger partial charge in [0.15, 0.2) is 0 Å². The first-order valence-corrected chi connectivity index (χ1v) is 7.92. The largest absolute Gasteiger partial charge is 0.389 e. The van der Waals surface area contributed by atoms with Crippen LogP contribution in [0.5, 0.6) is 0 Å². The Morgan fingerprint density at radius 3 is 2.48 bits per heavy atom. The molecule has 0 fully saturated rings. The van der Waals surface area contributed by atoms with Gasteiger partial charge in [0.25, 0.3) is 0 Å². The average Bonchev–Trinajstić information content (AvgIpc) is 2.46. The highest BCUT2D eigenvalue weighted by Gasteiger charge is 2.08. The van der Waals surface area contributed by atoms with Gasteiger partial charge in [-0.15, -0.1) is 0 Å². The molecule has 0 aromatic heterocycles. The average molecular weight is 336 g/mol. The topological polar surface area (TPSA) is 50.7 Å². The third-order valence-corrected chi connectivity index (χ3v) is 3.43. The monoisotopic (exact) mass is 335 g/mol. The van der Waals surface area contributed by atoms with Crippen molar-refractivity contribution in [3.05, 3.63) is 28.2 Å². The maximum atomic E-state index is 9.82. The SMILES string of the molecule is CCCCOCCOCC(O)CNc1c(Cl)cccc1Cl. The Morgan fingerprint density at radius 1 is 1.14 bits per heavy atom. The second-order valence-corrected chi connectivity index (χ2v) is 5.49. The van der Waals surface area contributed by atoms with Crippen LogP contribution in [-0.4, -0.2) is 44.2 Å². The molecule has 0 saturated carbocycles. The van der Waals surface area contributed by atoms with Crippen LogP contribution in [0.1, 0.15) is 19.8 Å². The first-order chi connectivity index (χ1) is 10.1. The van der Waals surface area contributed by atoms with Crippen molar-refractivity contribution in [2.45, 2.75) is 25.9 Å². The molecule has 2 N–H and O–H groups in total. The van der Waals surface area contributed by atoms with Crippen molar-refractivity contribution in [3.63, 3.8) is 0 Å². The lowest BCUT2D eigenvalue weighted by Crippen LogP contribution is -2.25. The van der Waals surface area contributed by atoms with Gasteiger partial charge in [-0.25, -0.2) is 0 Å². The molecule has 1 aromatic rings. The lowest BCUT2D eigenvalue weighted by molar-refractivity contribution is 0.00749. The highest BCUT2D eigenvalue weighted by atomic mass is 35.5. The van der Waals surface area contributed by atoms with Gasteiger partial charge in [-0.1, -0.05) is 42.6 Å². The van der Waals surface area contributed by atoms with Crippen LogP contribution in [0.4, 0.5) is 5.69 Å². The molecule has 0 aliphatic carbocycles. The minimum Gasteiger partial charge on any atom is -0.389 e. The third kappa shape index (κ3) is 7.88. The molecular formula is C15H23Cl2NO3. The van der Waals surface area contributed by atoms with E-state index in [-0.39, 0.29) is 6.61 Å². The maximum absolute atomic E-state index is 9.82. The molecular weight excluding hydrogens is 313 g/mol. The van der Waals surface area contributed by atoms with Gasteiger partial charge in [0.1, 0.15) is 0 Å². The molecule has 0 aliphatic rings. The lowest BCUT2D eigenvalue weighted by atomic mass is 10.3. The van der Waals surface area contributed by atoms with E-state index in [0.29, 0.717) is 35.5 Å². The van der Waals surface area contributed by atoms with Crippen LogP contribution in [0.15, 0.2) is 18.2 Å². The Kier molecular flexibility index (Phi) is 9.79. The summed E-state index contributed by atoms with van der Waals surface area (Å²) >= 11 is 12.0. The second-order valence-electron chi connectivity index (χ2n) is 4.67. The molecule has 120 valence electrons. The highest BCUT2D eigenvalue weighted by Crippen LogP contribution is 2.29. The van der Waals surface area contributed by atoms with Gasteiger partial charge in [0.05, 0.1) is 41.7 Å². The molecule has 1 unspecified atom stereocenters. The van der Waals surface area contributed by atoms with Crippen molar-refractivity contribution in [2.75, 3.05) is 38.3 Å². The summed E-state index contributed by atoms with van der Waals surface area (Å²) in [6.45, 7) is 4.47. The molecule has 0 saturated heterocycles. The molecule has 0 aliphatic heterocycles. The van der Waals surface area contributed by atoms with Crippen LogP contribution in [-0.2, 0) is 9.47 Å². The predicted molar refractivity (Wildman–Crippen MR) is 87.5 cm³/mol. The van der Waals surface area contributed by atoms with E-state index in [1.807, 2.05) is 0 Å². The van der Waals surface area contributed by atoms with Gasteiger partial charge in [-0.2, -0.15) is 0 Å². The van der Waals surface area contributed by atoms with Crippen molar-refractivity contribution in [3.8, 4) is 0 Å². The van der Waals surface area contributed by atoms with Crippen LogP contribution < -0.4 is 5.32 Å². The summed E-state index contributed by atoms with van der Waals surface area (Å²) in [5.74, 6) is 0. The lowest BCUT2D eigenvalue weighted by Gasteiger charge is -2.15. The van der Waals surface area contributed by atoms with Crippen LogP contribution >= 0.6 is 23.2 Å². The third-order valence-electron chi connectivity index (χ3n) is 2.80. The van der Waals surface area contributed by atoms with Crippen LogP contribution in [0.3, 0.4) is 0 Å². The Morgan fingerprint density at radius 2 is 1.81 bits per heavy atom. The molecule has 1 atom stereocenters. The van der Waals surface area contributed by atoms with E-state index in [1.165, 1.54) is 0 Å². The van der Waals surface area contributed by atoms with Gasteiger partial charge >= 0.3 is 0 Å². The zero-order valence-electron chi connectivity index (χ0n) is 12.3. The molecule has 0 radical (unpaired) electrons. The fourth-order valence-corrected chi connectivity index (χ4v) is 2.16. The molecule has 0 spiro atoms. The standard InChI is InChI=1S/C15H23Cl2NO3/c1-2-3-7-20-8-9-21-11-12(19)10-18-15-13(16)5-4-6-14(15)17/h4-6,12,18-19H,2-3,7-11H2,1H3. The smallest absolute Gasteiger partial charge is 0.0945 e. The molecule has 6 heteroatoms. The van der Waals surface area contributed by atoms with Gasteiger partial charge in [0.2, 0.25) is 0 Å². The van der Waals surface area contributed by atoms with E-state index in [2.05, 4.69) is 12.2 Å². The number of aliphatic hydroxyl groups is 1. The van der Waals surface area contributed by atoms with Crippen molar-refractivity contribution >= 4 is 28.9 Å². The van der Waals surface area contributed by atoms with Crippen molar-refractivity contribution in [2.24, 2.45) is 0 Å². The Bertz CT molecular complexity index is 384. The van der Waals surface area contributed by atoms with E-state index in [4.69, 9.17) is 32.7 Å². The van der Waals surface area contributed by atoms with Crippen LogP contribution in [0, 0.1) is 0 Å². The fourth-order valence-electron chi connectivity index (χ4n) is 1.63. The number of para-hydroxylation sites is 1. The first-order valence-electron chi connectivity index (χ1n) is 7.16. The quantitative estimate of drug-likeness (QED) is 0.606. The Labute approximate surface area is 136 Å². The summed E-state index contributed by atoms with van der Waals surface area (Å²) in [6.07, 6.45) is 1.55. The summed E-state index contributed by atoms with van der Waals surface area (Å²) in [5.41, 5.74) is 0.628. The number of nitrogens with one attached hydrogen (secondary N) is 1. The second kappa shape index (κ2) is 11.1. The Balaban J connectivity index is 2.12. The zero-order chi connectivity index (χ0) is 15.5. The fraction of sp³-hybridized carbons (Fsp3) is 0.600. The number of hydrogen-bond donors (Lipinski definition) is 2. The zero-order valence-corrected chi connectivity index (χ0v) is 13.8. The summed E-state index contributed by atoms with van der Waals surface area (Å²) in [4.78, 5) is 0. The number of aliphatic hydroxyl groups excluding tert-OH is 1. The van der Waals surface area contributed by atoms with E-state index in [0.717, 1.165) is 19.4 Å². The summed E-state index contributed by atoms with van der Waals surface area (Å²) in [5, 5.41) is 13.9. The summed E-state index contributed by atoms with van der Waals surface area (Å²) in [7, 11) is 0. The summed E-state index contributed by atoms with van der Waals surface area (Å²) in [6, 6.07) is 5.26. The molecule has 4 nitrogen and oxygen atoms in total. The first kappa shape index (κ1) is 18.5. The predicted octanol–water partition coefficient (Wildman–Crippen LogP) is 3.60. The summed E-state index contributed by atoms with van der Waals surface area (Å²) < 4.78 is 10.7. The number of benzene rings is 1. The number of hydrogen-bond acceptors (Lipinski definition) is 4. The van der Waals surface area contributed by atoms with E-state index in [9.17, 15) is 5.11 Å². The molecule has 0 bridgehead atoms. The molecule has 21 heavy (non-hydrogen) atoms. The van der Waals surface area contributed by atoms with Gasteiger partial charge in [-0.05, 0) is 18.6 Å². The number of ether oxygens (including phenoxy) is 2. The molecule has 0 heterocycles. The van der Waals surface area contributed by atoms with E-state index < -0.39 is 6.10 Å². The maximum Gasteiger partial charge on any atom is 0.0945 e. The molecule has 1 rings (SSSR count). The normalized spacial score (nSPS) is 12.4. The van der Waals surface area contributed by atoms with E-state index in [1.54, 1.807) is 18.2 Å². The van der Waals surface area contributed by atoms with E-state index >= 15 is 0 Å². The number of unbranched alkanes of at least 4 members (excludes halogenated alkanes) is 1. The van der Waals surface area contributed by atoms with Gasteiger partial charge in [-0.3, -0.25) is 0 Å². The van der Waals surface area contributed by atoms with Crippen molar-refractivity contribution in [1.29, 1.82) is 0 Å². The Hall–Kier alpha value is -0.520. The number of rotatable bonds is 11. The number of halogens is 2. The van der Waals surface area contributed by atoms with Gasteiger partial charge in [0, 0.05) is 13.2 Å². The van der Waals surface area contributed by atoms with Crippen LogP contribution in [0.2, 0.25) is 10.0 Å². The number of anilines is 1. The van der Waals surface area contributed by atoms with Crippen LogP contribution in [0.25, 0.3) is 0 Å². The minimum atomic E-state index is -0.631. The molecule has 0 amide bonds.